The fourth-order valence-electron chi connectivity index (χ4n) is 3.82. The van der Waals surface area contributed by atoms with Crippen molar-refractivity contribution >= 4 is 28.9 Å². The predicted molar refractivity (Wildman–Crippen MR) is 120 cm³/mol. The molecule has 2 aliphatic rings. The van der Waals surface area contributed by atoms with E-state index in [1.165, 1.54) is 32.3 Å². The molecule has 1 saturated heterocycles. The van der Waals surface area contributed by atoms with E-state index < -0.39 is 28.6 Å². The van der Waals surface area contributed by atoms with E-state index in [1.54, 1.807) is 12.1 Å². The fourth-order valence-corrected chi connectivity index (χ4v) is 3.82. The monoisotopic (exact) mass is 455 g/mol. The van der Waals surface area contributed by atoms with Crippen molar-refractivity contribution in [3.63, 3.8) is 0 Å². The molecule has 0 aliphatic carbocycles. The van der Waals surface area contributed by atoms with Crippen molar-refractivity contribution in [3.8, 4) is 11.5 Å². The number of nitrogens with zero attached hydrogens (tertiary/aromatic N) is 2. The van der Waals surface area contributed by atoms with Gasteiger partial charge in [0.1, 0.15) is 18.8 Å². The molecule has 10 nitrogen and oxygen atoms in total. The molecule has 1 fully saturated rings. The lowest BCUT2D eigenvalue weighted by Crippen LogP contribution is -2.30. The number of esters is 1. The molecule has 10 heteroatoms. The number of amides is 1. The van der Waals surface area contributed by atoms with Crippen LogP contribution in [0.3, 0.4) is 0 Å². The summed E-state index contributed by atoms with van der Waals surface area (Å²) in [6, 6.07) is 9.80. The molecule has 174 valence electrons. The molecule has 2 aliphatic heterocycles. The van der Waals surface area contributed by atoms with E-state index in [0.717, 1.165) is 24.8 Å². The number of nitro groups is 1. The van der Waals surface area contributed by atoms with Crippen molar-refractivity contribution in [3.05, 3.63) is 52.1 Å². The van der Waals surface area contributed by atoms with Crippen LogP contribution in [0.2, 0.25) is 0 Å². The van der Waals surface area contributed by atoms with Crippen molar-refractivity contribution in [1.29, 1.82) is 0 Å². The first kappa shape index (κ1) is 22.4. The highest BCUT2D eigenvalue weighted by molar-refractivity contribution is 5.99. The standard InChI is InChI=1S/C23H25N3O7/c1-15(22(27)24-16-5-7-17(8-6-16)25-9-3-2-4-10-25)33-23(28)18-13-20-21(32-12-11-31-20)14-19(18)26(29)30/h5-8,13-15H,2-4,9-12H2,1H3,(H,24,27)/t15-/m1/s1. The van der Waals surface area contributed by atoms with Gasteiger partial charge >= 0.3 is 5.97 Å². The average Bonchev–Trinajstić information content (AvgIpc) is 2.84. The van der Waals surface area contributed by atoms with E-state index in [9.17, 15) is 19.7 Å². The Morgan fingerprint density at radius 1 is 1.06 bits per heavy atom. The lowest BCUT2D eigenvalue weighted by atomic mass is 10.1. The molecule has 0 aromatic heterocycles. The van der Waals surface area contributed by atoms with Gasteiger partial charge in [-0.25, -0.2) is 4.79 Å². The molecule has 1 amide bonds. The molecular weight excluding hydrogens is 430 g/mol. The summed E-state index contributed by atoms with van der Waals surface area (Å²) in [5.74, 6) is -1.15. The first-order valence-corrected chi connectivity index (χ1v) is 10.9. The number of hydrogen-bond acceptors (Lipinski definition) is 8. The summed E-state index contributed by atoms with van der Waals surface area (Å²) in [6.07, 6.45) is 2.41. The van der Waals surface area contributed by atoms with E-state index in [4.69, 9.17) is 14.2 Å². The third-order valence-corrected chi connectivity index (χ3v) is 5.59. The van der Waals surface area contributed by atoms with E-state index >= 15 is 0 Å². The van der Waals surface area contributed by atoms with Gasteiger partial charge < -0.3 is 24.4 Å². The highest BCUT2D eigenvalue weighted by atomic mass is 16.6. The number of rotatable bonds is 6. The van der Waals surface area contributed by atoms with Gasteiger partial charge in [-0.15, -0.1) is 0 Å². The molecule has 0 radical (unpaired) electrons. The zero-order valence-electron chi connectivity index (χ0n) is 18.2. The Kier molecular flexibility index (Phi) is 6.62. The Hall–Kier alpha value is -3.82. The third-order valence-electron chi connectivity index (χ3n) is 5.59. The zero-order valence-corrected chi connectivity index (χ0v) is 18.2. The minimum Gasteiger partial charge on any atom is -0.486 e. The summed E-state index contributed by atoms with van der Waals surface area (Å²) >= 11 is 0. The number of benzene rings is 2. The molecule has 0 unspecified atom stereocenters. The van der Waals surface area contributed by atoms with Gasteiger partial charge in [0.15, 0.2) is 17.6 Å². The molecule has 2 aromatic carbocycles. The lowest BCUT2D eigenvalue weighted by Gasteiger charge is -2.28. The van der Waals surface area contributed by atoms with Crippen LogP contribution in [0.5, 0.6) is 11.5 Å². The topological polar surface area (TPSA) is 120 Å². The Balaban J connectivity index is 1.40. The second kappa shape index (κ2) is 9.76. The van der Waals surface area contributed by atoms with Gasteiger partial charge in [-0.1, -0.05) is 0 Å². The summed E-state index contributed by atoms with van der Waals surface area (Å²) in [4.78, 5) is 38.2. The summed E-state index contributed by atoms with van der Waals surface area (Å²) in [5.41, 5.74) is 0.868. The maximum Gasteiger partial charge on any atom is 0.346 e. The molecule has 0 saturated carbocycles. The van der Waals surface area contributed by atoms with Crippen molar-refractivity contribution in [1.82, 2.24) is 0 Å². The Bertz CT molecular complexity index is 1050. The number of nitrogens with one attached hydrogen (secondary N) is 1. The van der Waals surface area contributed by atoms with Crippen LogP contribution < -0.4 is 19.7 Å². The Morgan fingerprint density at radius 2 is 1.70 bits per heavy atom. The number of piperidine rings is 1. The van der Waals surface area contributed by atoms with Gasteiger partial charge in [-0.3, -0.25) is 14.9 Å². The van der Waals surface area contributed by atoms with Gasteiger partial charge in [0, 0.05) is 30.5 Å². The predicted octanol–water partition coefficient (Wildman–Crippen LogP) is 3.54. The number of carbonyl (C=O) groups is 2. The highest BCUT2D eigenvalue weighted by Crippen LogP contribution is 2.37. The van der Waals surface area contributed by atoms with Crippen LogP contribution in [0.25, 0.3) is 0 Å². The molecule has 2 heterocycles. The zero-order chi connectivity index (χ0) is 23.4. The molecule has 33 heavy (non-hydrogen) atoms. The van der Waals surface area contributed by atoms with Crippen molar-refractivity contribution in [2.75, 3.05) is 36.5 Å². The summed E-state index contributed by atoms with van der Waals surface area (Å²) in [6.45, 7) is 3.95. The second-order valence-corrected chi connectivity index (χ2v) is 7.90. The van der Waals surface area contributed by atoms with Gasteiger partial charge in [0.2, 0.25) is 0 Å². The molecule has 1 N–H and O–H groups in total. The SMILES string of the molecule is C[C@@H](OC(=O)c1cc2c(cc1[N+](=O)[O-])OCCO2)C(=O)Nc1ccc(N2CCCCC2)cc1. The number of nitro benzene ring substituents is 1. The number of ether oxygens (including phenoxy) is 3. The van der Waals surface area contributed by atoms with Gasteiger partial charge in [0.05, 0.1) is 11.0 Å². The first-order chi connectivity index (χ1) is 15.9. The normalized spacial score (nSPS) is 16.0. The molecule has 0 spiro atoms. The van der Waals surface area contributed by atoms with Crippen LogP contribution in [0.1, 0.15) is 36.5 Å². The van der Waals surface area contributed by atoms with Crippen LogP contribution in [-0.4, -0.2) is 49.2 Å². The smallest absolute Gasteiger partial charge is 0.346 e. The largest absolute Gasteiger partial charge is 0.486 e. The van der Waals surface area contributed by atoms with Gasteiger partial charge in [-0.2, -0.15) is 0 Å². The van der Waals surface area contributed by atoms with E-state index in [0.29, 0.717) is 5.69 Å². The summed E-state index contributed by atoms with van der Waals surface area (Å²) < 4.78 is 15.9. The fraction of sp³-hybridized carbons (Fsp3) is 0.391. The minimum absolute atomic E-state index is 0.184. The molecular formula is C23H25N3O7. The molecule has 1 atom stereocenters. The average molecular weight is 455 g/mol. The van der Waals surface area contributed by atoms with E-state index in [2.05, 4.69) is 10.2 Å². The minimum atomic E-state index is -1.17. The number of carbonyl (C=O) groups excluding carboxylic acids is 2. The van der Waals surface area contributed by atoms with Crippen LogP contribution in [0.15, 0.2) is 36.4 Å². The number of fused-ring (bicyclic) bond motifs is 1. The summed E-state index contributed by atoms with van der Waals surface area (Å²) in [5, 5.41) is 14.1. The third kappa shape index (κ3) is 5.16. The maximum atomic E-state index is 12.6. The summed E-state index contributed by atoms with van der Waals surface area (Å²) in [7, 11) is 0. The first-order valence-electron chi connectivity index (χ1n) is 10.9. The molecule has 4 rings (SSSR count). The quantitative estimate of drug-likeness (QED) is 0.399. The second-order valence-electron chi connectivity index (χ2n) is 7.90. The van der Waals surface area contributed by atoms with Gasteiger partial charge in [-0.05, 0) is 50.5 Å². The number of anilines is 2. The number of hydrogen-bond donors (Lipinski definition) is 1. The van der Waals surface area contributed by atoms with E-state index in [1.807, 2.05) is 12.1 Å². The van der Waals surface area contributed by atoms with Gasteiger partial charge in [0.25, 0.3) is 11.6 Å². The molecule has 2 aromatic rings. The van der Waals surface area contributed by atoms with Crippen LogP contribution in [-0.2, 0) is 9.53 Å². The van der Waals surface area contributed by atoms with E-state index in [-0.39, 0.29) is 30.3 Å². The lowest BCUT2D eigenvalue weighted by molar-refractivity contribution is -0.385. The Morgan fingerprint density at radius 3 is 2.33 bits per heavy atom. The Labute approximate surface area is 190 Å². The van der Waals surface area contributed by atoms with Crippen LogP contribution in [0, 0.1) is 10.1 Å². The van der Waals surface area contributed by atoms with Crippen LogP contribution in [0.4, 0.5) is 17.1 Å². The maximum absolute atomic E-state index is 12.6. The van der Waals surface area contributed by atoms with Crippen molar-refractivity contribution in [2.45, 2.75) is 32.3 Å². The highest BCUT2D eigenvalue weighted by Gasteiger charge is 2.29. The van der Waals surface area contributed by atoms with Crippen molar-refractivity contribution < 1.29 is 28.7 Å². The van der Waals surface area contributed by atoms with Crippen molar-refractivity contribution in [2.24, 2.45) is 0 Å². The van der Waals surface area contributed by atoms with Crippen LogP contribution >= 0.6 is 0 Å². The molecule has 0 bridgehead atoms.